The lowest BCUT2D eigenvalue weighted by atomic mass is 9.84. The number of ether oxygens (including phenoxy) is 1. The fourth-order valence-electron chi connectivity index (χ4n) is 5.38. The molecule has 2 aromatic carbocycles. The Morgan fingerprint density at radius 3 is 2.56 bits per heavy atom. The van der Waals surface area contributed by atoms with Crippen LogP contribution in [0.15, 0.2) is 84.0 Å². The van der Waals surface area contributed by atoms with E-state index in [9.17, 15) is 0 Å². The maximum Gasteiger partial charge on any atom is 0.122 e. The first-order valence-corrected chi connectivity index (χ1v) is 14.6. The molecule has 3 aromatic rings. The monoisotopic (exact) mass is 526 g/mol. The second-order valence-corrected chi connectivity index (χ2v) is 11.0. The number of aryl methyl sites for hydroxylation is 1. The number of aromatic amines is 1. The third-order valence-electron chi connectivity index (χ3n) is 7.57. The second kappa shape index (κ2) is 14.2. The lowest BCUT2D eigenvalue weighted by Crippen LogP contribution is -2.08. The van der Waals surface area contributed by atoms with E-state index in [1.54, 1.807) is 0 Å². The first-order chi connectivity index (χ1) is 18.7. The minimum Gasteiger partial charge on any atom is -0.493 e. The molecule has 1 aliphatic heterocycles. The summed E-state index contributed by atoms with van der Waals surface area (Å²) in [7, 11) is 0. The summed E-state index contributed by atoms with van der Waals surface area (Å²) in [6.45, 7) is 24.3. The number of fused-ring (bicyclic) bond motifs is 2. The fraction of sp³-hybridized carbons (Fsp3) is 0.417. The van der Waals surface area contributed by atoms with Crippen LogP contribution in [0.5, 0.6) is 5.75 Å². The Kier molecular flexibility index (Phi) is 11.0. The summed E-state index contributed by atoms with van der Waals surface area (Å²) in [5.41, 5.74) is 11.2. The highest BCUT2D eigenvalue weighted by Crippen LogP contribution is 2.33. The third-order valence-corrected chi connectivity index (χ3v) is 7.57. The van der Waals surface area contributed by atoms with Crippen LogP contribution in [0, 0.1) is 18.8 Å². The van der Waals surface area contributed by atoms with Gasteiger partial charge in [-0.1, -0.05) is 76.6 Å². The lowest BCUT2D eigenvalue weighted by Gasteiger charge is -2.22. The predicted molar refractivity (Wildman–Crippen MR) is 172 cm³/mol. The molecule has 0 radical (unpaired) electrons. The number of H-pyrrole nitrogens is 1. The number of hydrogen-bond acceptors (Lipinski definition) is 2. The number of rotatable bonds is 9. The highest BCUT2D eigenvalue weighted by Gasteiger charge is 2.16. The molecular formula is C36H50N2O. The van der Waals surface area contributed by atoms with E-state index >= 15 is 0 Å². The molecule has 39 heavy (non-hydrogen) atoms. The van der Waals surface area contributed by atoms with Gasteiger partial charge in [-0.25, -0.2) is 4.98 Å². The number of nitrogens with zero attached hydrogens (tertiary/aromatic N) is 1. The van der Waals surface area contributed by atoms with Crippen LogP contribution in [-0.4, -0.2) is 16.6 Å². The van der Waals surface area contributed by atoms with Crippen LogP contribution in [0.3, 0.4) is 0 Å². The van der Waals surface area contributed by atoms with Crippen molar-refractivity contribution < 1.29 is 6.16 Å². The molecule has 210 valence electrons. The minimum absolute atomic E-state index is 0. The molecule has 3 nitrogen and oxygen atoms in total. The van der Waals surface area contributed by atoms with E-state index in [1.165, 1.54) is 39.0 Å². The summed E-state index contributed by atoms with van der Waals surface area (Å²) in [5, 5.41) is 0. The quantitative estimate of drug-likeness (QED) is 0.222. The number of hydrogen-bond donors (Lipinski definition) is 1. The van der Waals surface area contributed by atoms with Crippen molar-refractivity contribution in [3.05, 3.63) is 95.4 Å². The maximum atomic E-state index is 6.22. The van der Waals surface area contributed by atoms with Crippen LogP contribution in [0.25, 0.3) is 22.2 Å². The van der Waals surface area contributed by atoms with Crippen molar-refractivity contribution in [3.8, 4) is 16.9 Å². The van der Waals surface area contributed by atoms with Crippen molar-refractivity contribution in [2.24, 2.45) is 11.8 Å². The Morgan fingerprint density at radius 1 is 1.13 bits per heavy atom. The number of aromatic nitrogens is 2. The van der Waals surface area contributed by atoms with Gasteiger partial charge in [0, 0.05) is 7.85 Å². The molecule has 0 fully saturated rings. The smallest absolute Gasteiger partial charge is 0.122 e. The van der Waals surface area contributed by atoms with Gasteiger partial charge in [0.2, 0.25) is 0 Å². The zero-order chi connectivity index (χ0) is 28.5. The van der Waals surface area contributed by atoms with E-state index in [2.05, 4.69) is 93.3 Å². The third kappa shape index (κ3) is 7.85. The van der Waals surface area contributed by atoms with Gasteiger partial charge >= 0.3 is 0 Å². The van der Waals surface area contributed by atoms with Gasteiger partial charge in [0.15, 0.2) is 0 Å². The van der Waals surface area contributed by atoms with E-state index in [4.69, 9.17) is 4.74 Å². The van der Waals surface area contributed by atoms with Gasteiger partial charge in [-0.15, -0.1) is 6.58 Å². The van der Waals surface area contributed by atoms with Gasteiger partial charge in [0.1, 0.15) is 11.6 Å². The van der Waals surface area contributed by atoms with Crippen molar-refractivity contribution >= 4 is 11.0 Å². The van der Waals surface area contributed by atoms with E-state index in [0.29, 0.717) is 18.4 Å². The first-order valence-electron chi connectivity index (χ1n) is 14.6. The van der Waals surface area contributed by atoms with E-state index in [-0.39, 0.29) is 1.43 Å². The average molecular weight is 527 g/mol. The highest BCUT2D eigenvalue weighted by atomic mass is 16.5. The molecule has 1 unspecified atom stereocenters. The Hall–Kier alpha value is -3.33. The number of allylic oxidation sites excluding steroid dienone is 5. The molecule has 1 atom stereocenters. The number of imidazole rings is 1. The summed E-state index contributed by atoms with van der Waals surface area (Å²) >= 11 is 0. The molecule has 0 saturated carbocycles. The van der Waals surface area contributed by atoms with Crippen molar-refractivity contribution in [1.29, 1.82) is 0 Å². The summed E-state index contributed by atoms with van der Waals surface area (Å²) in [6, 6.07) is 13.0. The standard InChI is InChI=1S/C34H42N2O.C2H6.H2/c1-8-9-23(4)18-31(22(2)3)25(6)24(5)19-27-10-11-30-20-28(13-15-34(30)37-17-16-27)29-12-14-32-33(21-29)36-26(7)35-32;1-2;/h8,10,12-15,20-23H,1,5,9,11,16-19H2,2-4,6-7H3,(H,35,36);1-2H3;1H/b27-10+,31-25+;;. The zero-order valence-electron chi connectivity index (χ0n) is 25.3. The van der Waals surface area contributed by atoms with Crippen LogP contribution < -0.4 is 4.74 Å². The van der Waals surface area contributed by atoms with Gasteiger partial charge in [-0.3, -0.25) is 0 Å². The van der Waals surface area contributed by atoms with Gasteiger partial charge < -0.3 is 9.72 Å². The molecule has 1 N–H and O–H groups in total. The summed E-state index contributed by atoms with van der Waals surface area (Å²) < 4.78 is 6.22. The zero-order valence-corrected chi connectivity index (χ0v) is 25.3. The second-order valence-electron chi connectivity index (χ2n) is 11.0. The minimum atomic E-state index is 0. The Balaban J connectivity index is 0.00000183. The molecule has 0 aliphatic carbocycles. The lowest BCUT2D eigenvalue weighted by molar-refractivity contribution is 0.315. The van der Waals surface area contributed by atoms with E-state index < -0.39 is 0 Å². The van der Waals surface area contributed by atoms with Gasteiger partial charge in [-0.05, 0) is 103 Å². The summed E-state index contributed by atoms with van der Waals surface area (Å²) in [6.07, 6.45) is 9.31. The van der Waals surface area contributed by atoms with Gasteiger partial charge in [0.25, 0.3) is 0 Å². The molecule has 1 aliphatic rings. The molecule has 0 spiro atoms. The molecule has 2 heterocycles. The highest BCUT2D eigenvalue weighted by molar-refractivity contribution is 5.82. The Labute approximate surface area is 238 Å². The van der Waals surface area contributed by atoms with Crippen molar-refractivity contribution in [2.45, 2.75) is 80.6 Å². The van der Waals surface area contributed by atoms with E-state index in [1.807, 2.05) is 26.8 Å². The van der Waals surface area contributed by atoms with E-state index in [0.717, 1.165) is 54.7 Å². The molecule has 0 bridgehead atoms. The molecule has 3 heteroatoms. The fourth-order valence-corrected chi connectivity index (χ4v) is 5.38. The Bertz CT molecular complexity index is 1360. The topological polar surface area (TPSA) is 37.9 Å². The van der Waals surface area contributed by atoms with Gasteiger partial charge in [-0.2, -0.15) is 0 Å². The number of nitrogens with one attached hydrogen (secondary N) is 1. The normalized spacial score (nSPS) is 15.9. The number of benzene rings is 2. The molecular weight excluding hydrogens is 476 g/mol. The summed E-state index contributed by atoms with van der Waals surface area (Å²) in [5.74, 6) is 3.06. The largest absolute Gasteiger partial charge is 0.493 e. The summed E-state index contributed by atoms with van der Waals surface area (Å²) in [4.78, 5) is 7.88. The van der Waals surface area contributed by atoms with Crippen molar-refractivity contribution in [2.75, 3.05) is 6.61 Å². The molecule has 0 amide bonds. The van der Waals surface area contributed by atoms with Crippen LogP contribution in [0.4, 0.5) is 0 Å². The average Bonchev–Trinajstić information content (AvgIpc) is 3.29. The van der Waals surface area contributed by atoms with Crippen LogP contribution >= 0.6 is 0 Å². The molecule has 0 saturated heterocycles. The molecule has 1 aromatic heterocycles. The SMILES string of the molecule is C=CCC(C)C/C(=C(/C)C(=C)C/C1=C/Cc2cc(-c3ccc4nc(C)[nH]c4c3)ccc2OCC1)C(C)C.CC.[HH]. The predicted octanol–water partition coefficient (Wildman–Crippen LogP) is 10.6. The first kappa shape index (κ1) is 30.2. The Morgan fingerprint density at radius 2 is 1.85 bits per heavy atom. The van der Waals surface area contributed by atoms with Crippen LogP contribution in [0.1, 0.15) is 80.0 Å². The van der Waals surface area contributed by atoms with Crippen LogP contribution in [-0.2, 0) is 6.42 Å². The maximum absolute atomic E-state index is 6.22. The van der Waals surface area contributed by atoms with Crippen molar-refractivity contribution in [1.82, 2.24) is 9.97 Å². The molecule has 4 rings (SSSR count). The van der Waals surface area contributed by atoms with Crippen LogP contribution in [0.2, 0.25) is 0 Å². The van der Waals surface area contributed by atoms with Crippen molar-refractivity contribution in [3.63, 3.8) is 0 Å². The van der Waals surface area contributed by atoms with Gasteiger partial charge in [0.05, 0.1) is 17.6 Å².